The van der Waals surface area contributed by atoms with Gasteiger partial charge in [-0.05, 0) is 56.2 Å². The number of hydrogen-bond donors (Lipinski definition) is 2. The number of aryl methyl sites for hydroxylation is 1. The van der Waals surface area contributed by atoms with Crippen LogP contribution in [-0.2, 0) is 22.7 Å². The van der Waals surface area contributed by atoms with Crippen LogP contribution in [0.2, 0.25) is 0 Å². The molecule has 4 rings (SSSR count). The second-order valence-electron chi connectivity index (χ2n) is 9.34. The summed E-state index contributed by atoms with van der Waals surface area (Å²) in [5.41, 5.74) is 3.70. The highest BCUT2D eigenvalue weighted by Gasteiger charge is 2.26. The Hall–Kier alpha value is -3.68. The van der Waals surface area contributed by atoms with Crippen molar-refractivity contribution in [3.05, 3.63) is 65.7 Å². The Balaban J connectivity index is 1.44. The number of fused-ring (bicyclic) bond motifs is 1. The van der Waals surface area contributed by atoms with Gasteiger partial charge in [0.2, 0.25) is 11.8 Å². The Morgan fingerprint density at radius 3 is 2.42 bits per heavy atom. The molecule has 0 saturated carbocycles. The third-order valence-electron chi connectivity index (χ3n) is 6.45. The zero-order valence-corrected chi connectivity index (χ0v) is 21.0. The third kappa shape index (κ3) is 6.50. The highest BCUT2D eigenvalue weighted by Crippen LogP contribution is 2.33. The maximum atomic E-state index is 13.6. The van der Waals surface area contributed by atoms with Gasteiger partial charge in [0.15, 0.2) is 0 Å². The van der Waals surface area contributed by atoms with E-state index >= 15 is 0 Å². The fraction of sp³-hybridized carbons (Fsp3) is 0.393. The zero-order chi connectivity index (χ0) is 25.5. The maximum absolute atomic E-state index is 13.6. The first-order valence-electron chi connectivity index (χ1n) is 12.6. The van der Waals surface area contributed by atoms with Crippen molar-refractivity contribution in [3.8, 4) is 11.3 Å². The molecule has 0 radical (unpaired) electrons. The molecule has 0 atom stereocenters. The second-order valence-corrected chi connectivity index (χ2v) is 9.34. The Morgan fingerprint density at radius 1 is 0.972 bits per heavy atom. The molecule has 7 nitrogen and oxygen atoms in total. The number of imidazole rings is 1. The van der Waals surface area contributed by atoms with Gasteiger partial charge < -0.3 is 20.1 Å². The van der Waals surface area contributed by atoms with Crippen molar-refractivity contribution >= 4 is 23.3 Å². The van der Waals surface area contributed by atoms with Crippen molar-refractivity contribution in [2.45, 2.75) is 59.0 Å². The number of aromatic nitrogens is 2. The maximum Gasteiger partial charge on any atom is 0.223 e. The highest BCUT2D eigenvalue weighted by molar-refractivity contribution is 5.78. The van der Waals surface area contributed by atoms with Crippen LogP contribution >= 0.6 is 0 Å². The number of rotatable bonds is 10. The Kier molecular flexibility index (Phi) is 8.36. The zero-order valence-electron chi connectivity index (χ0n) is 21.0. The fourth-order valence-electron chi connectivity index (χ4n) is 4.43. The van der Waals surface area contributed by atoms with Crippen LogP contribution in [0.25, 0.3) is 11.3 Å². The number of carbonyl (C=O) groups is 2. The van der Waals surface area contributed by atoms with Crippen LogP contribution in [0, 0.1) is 12.7 Å². The molecule has 0 fully saturated rings. The number of hydrogen-bond acceptors (Lipinski definition) is 4. The standard InChI is InChI=1S/C28H34FN5O2/c1-20-8-14-24(15-9-20)31-28-27(22-10-12-23(29)13-11-22)32-25-19-33(17-18-34(25)28)26(36)7-5-3-4-6-16-30-21(2)35/h8-15,31H,3-7,16-19H2,1-2H3,(H,30,35). The van der Waals surface area contributed by atoms with Crippen LogP contribution in [0.15, 0.2) is 48.5 Å². The molecule has 36 heavy (non-hydrogen) atoms. The second kappa shape index (κ2) is 11.8. The molecule has 190 valence electrons. The molecular weight excluding hydrogens is 457 g/mol. The van der Waals surface area contributed by atoms with E-state index in [1.165, 1.54) is 24.6 Å². The molecule has 1 aromatic heterocycles. The summed E-state index contributed by atoms with van der Waals surface area (Å²) in [5.74, 6) is 1.52. The van der Waals surface area contributed by atoms with Gasteiger partial charge in [0.1, 0.15) is 23.2 Å². The Morgan fingerprint density at radius 2 is 1.69 bits per heavy atom. The van der Waals surface area contributed by atoms with Gasteiger partial charge in [-0.1, -0.05) is 30.5 Å². The van der Waals surface area contributed by atoms with Crippen molar-refractivity contribution < 1.29 is 14.0 Å². The lowest BCUT2D eigenvalue weighted by Crippen LogP contribution is -2.38. The predicted octanol–water partition coefficient (Wildman–Crippen LogP) is 5.17. The van der Waals surface area contributed by atoms with E-state index in [4.69, 9.17) is 4.98 Å². The molecule has 2 N–H and O–H groups in total. The number of anilines is 2. The van der Waals surface area contributed by atoms with E-state index in [1.807, 2.05) is 36.1 Å². The number of nitrogens with one attached hydrogen (secondary N) is 2. The lowest BCUT2D eigenvalue weighted by molar-refractivity contribution is -0.132. The van der Waals surface area contributed by atoms with Crippen LogP contribution in [0.4, 0.5) is 15.9 Å². The van der Waals surface area contributed by atoms with Crippen LogP contribution < -0.4 is 10.6 Å². The average molecular weight is 492 g/mol. The molecule has 3 aromatic rings. The number of carbonyl (C=O) groups excluding carboxylic acids is 2. The molecule has 2 amide bonds. The molecule has 0 saturated heterocycles. The van der Waals surface area contributed by atoms with E-state index in [-0.39, 0.29) is 17.6 Å². The third-order valence-corrected chi connectivity index (χ3v) is 6.45. The molecular formula is C28H34FN5O2. The predicted molar refractivity (Wildman–Crippen MR) is 139 cm³/mol. The SMILES string of the molecule is CC(=O)NCCCCCCC(=O)N1CCn2c(nc(-c3ccc(F)cc3)c2Nc2ccc(C)cc2)C1. The molecule has 0 spiro atoms. The highest BCUT2D eigenvalue weighted by atomic mass is 19.1. The molecule has 0 bridgehead atoms. The number of halogens is 1. The first kappa shape index (κ1) is 25.4. The molecule has 1 aliphatic heterocycles. The largest absolute Gasteiger partial charge is 0.356 e. The monoisotopic (exact) mass is 491 g/mol. The van der Waals surface area contributed by atoms with Crippen LogP contribution in [-0.4, -0.2) is 39.4 Å². The summed E-state index contributed by atoms with van der Waals surface area (Å²) in [6, 6.07) is 14.5. The molecule has 0 unspecified atom stereocenters. The Bertz CT molecular complexity index is 1190. The van der Waals surface area contributed by atoms with Gasteiger partial charge in [-0.3, -0.25) is 9.59 Å². The van der Waals surface area contributed by atoms with Gasteiger partial charge in [-0.15, -0.1) is 0 Å². The molecule has 1 aliphatic rings. The topological polar surface area (TPSA) is 79.3 Å². The first-order valence-corrected chi connectivity index (χ1v) is 12.6. The van der Waals surface area contributed by atoms with E-state index in [1.54, 1.807) is 12.1 Å². The lowest BCUT2D eigenvalue weighted by atomic mass is 10.1. The summed E-state index contributed by atoms with van der Waals surface area (Å²) in [6.45, 7) is 5.97. The van der Waals surface area contributed by atoms with Gasteiger partial charge >= 0.3 is 0 Å². The number of nitrogens with zero attached hydrogens (tertiary/aromatic N) is 3. The minimum atomic E-state index is -0.289. The van der Waals surface area contributed by atoms with Gasteiger partial charge in [0.05, 0.1) is 6.54 Å². The van der Waals surface area contributed by atoms with E-state index < -0.39 is 0 Å². The Labute approximate surface area is 211 Å². The number of unbranched alkanes of at least 4 members (excludes halogenated alkanes) is 3. The van der Waals surface area contributed by atoms with Crippen LogP contribution in [0.5, 0.6) is 0 Å². The van der Waals surface area contributed by atoms with Crippen LogP contribution in [0.1, 0.15) is 50.4 Å². The first-order chi connectivity index (χ1) is 17.4. The number of benzene rings is 2. The molecule has 2 heterocycles. The van der Waals surface area contributed by atoms with E-state index in [2.05, 4.69) is 15.2 Å². The molecule has 2 aromatic carbocycles. The van der Waals surface area contributed by atoms with Crippen molar-refractivity contribution in [2.75, 3.05) is 18.4 Å². The van der Waals surface area contributed by atoms with Crippen molar-refractivity contribution in [1.29, 1.82) is 0 Å². The summed E-state index contributed by atoms with van der Waals surface area (Å²) >= 11 is 0. The molecule has 8 heteroatoms. The van der Waals surface area contributed by atoms with Crippen LogP contribution in [0.3, 0.4) is 0 Å². The quantitative estimate of drug-likeness (QED) is 0.384. The summed E-state index contributed by atoms with van der Waals surface area (Å²) in [4.78, 5) is 30.6. The van der Waals surface area contributed by atoms with Gasteiger partial charge in [0, 0.05) is 44.2 Å². The fourth-order valence-corrected chi connectivity index (χ4v) is 4.43. The normalized spacial score (nSPS) is 12.8. The van der Waals surface area contributed by atoms with Gasteiger partial charge in [0.25, 0.3) is 0 Å². The van der Waals surface area contributed by atoms with Crippen molar-refractivity contribution in [1.82, 2.24) is 19.8 Å². The lowest BCUT2D eigenvalue weighted by Gasteiger charge is -2.28. The van der Waals surface area contributed by atoms with E-state index in [0.29, 0.717) is 32.6 Å². The minimum absolute atomic E-state index is 0.00607. The van der Waals surface area contributed by atoms with Gasteiger partial charge in [-0.25, -0.2) is 9.37 Å². The average Bonchev–Trinajstić information content (AvgIpc) is 3.22. The van der Waals surface area contributed by atoms with Crippen molar-refractivity contribution in [2.24, 2.45) is 0 Å². The summed E-state index contributed by atoms with van der Waals surface area (Å²) in [7, 11) is 0. The van der Waals surface area contributed by atoms with Crippen molar-refractivity contribution in [3.63, 3.8) is 0 Å². The summed E-state index contributed by atoms with van der Waals surface area (Å²) < 4.78 is 15.7. The van der Waals surface area contributed by atoms with Gasteiger partial charge in [-0.2, -0.15) is 0 Å². The molecule has 0 aliphatic carbocycles. The number of amides is 2. The minimum Gasteiger partial charge on any atom is -0.356 e. The van der Waals surface area contributed by atoms with E-state index in [9.17, 15) is 14.0 Å². The smallest absolute Gasteiger partial charge is 0.223 e. The van der Waals surface area contributed by atoms with E-state index in [0.717, 1.165) is 54.3 Å². The summed E-state index contributed by atoms with van der Waals surface area (Å²) in [5, 5.41) is 6.31. The summed E-state index contributed by atoms with van der Waals surface area (Å²) in [6.07, 6.45) is 4.24.